The Morgan fingerprint density at radius 1 is 1.53 bits per heavy atom. The molecule has 0 fully saturated rings. The number of halogens is 1. The summed E-state index contributed by atoms with van der Waals surface area (Å²) >= 11 is 0. The van der Waals surface area contributed by atoms with Crippen LogP contribution in [-0.4, -0.2) is 25.5 Å². The second-order valence-corrected chi connectivity index (χ2v) is 4.28. The van der Waals surface area contributed by atoms with Gasteiger partial charge < -0.3 is 16.0 Å². The Morgan fingerprint density at radius 3 is 2.76 bits per heavy atom. The zero-order valence-corrected chi connectivity index (χ0v) is 10.3. The van der Waals surface area contributed by atoms with Gasteiger partial charge in [-0.25, -0.2) is 4.39 Å². The zero-order chi connectivity index (χ0) is 13.0. The van der Waals surface area contributed by atoms with Crippen LogP contribution in [0.25, 0.3) is 0 Å². The number of hydrogen-bond acceptors (Lipinski definition) is 3. The van der Waals surface area contributed by atoms with Gasteiger partial charge in [-0.1, -0.05) is 0 Å². The molecule has 94 valence electrons. The minimum Gasteiger partial charge on any atom is -0.397 e. The third kappa shape index (κ3) is 3.94. The monoisotopic (exact) mass is 239 g/mol. The van der Waals surface area contributed by atoms with Gasteiger partial charge in [-0.2, -0.15) is 0 Å². The summed E-state index contributed by atoms with van der Waals surface area (Å²) in [5, 5.41) is 2.76. The molecule has 0 spiro atoms. The lowest BCUT2D eigenvalue weighted by atomic mass is 10.2. The molecule has 1 aromatic rings. The first-order chi connectivity index (χ1) is 7.90. The van der Waals surface area contributed by atoms with Crippen molar-refractivity contribution in [1.29, 1.82) is 0 Å². The molecule has 0 aromatic heterocycles. The molecule has 1 rings (SSSR count). The summed E-state index contributed by atoms with van der Waals surface area (Å²) in [7, 11) is 1.70. The molecule has 3 N–H and O–H groups in total. The van der Waals surface area contributed by atoms with Crippen LogP contribution in [0, 0.1) is 5.82 Å². The van der Waals surface area contributed by atoms with E-state index in [1.807, 2.05) is 13.8 Å². The van der Waals surface area contributed by atoms with Crippen LogP contribution in [0.3, 0.4) is 0 Å². The van der Waals surface area contributed by atoms with Crippen molar-refractivity contribution in [2.24, 2.45) is 0 Å². The number of nitrogens with one attached hydrogen (secondary N) is 1. The van der Waals surface area contributed by atoms with E-state index in [0.717, 1.165) is 0 Å². The summed E-state index contributed by atoms with van der Waals surface area (Å²) in [5.41, 5.74) is 6.70. The highest BCUT2D eigenvalue weighted by Gasteiger charge is 2.11. The van der Waals surface area contributed by atoms with Crippen LogP contribution in [0.4, 0.5) is 15.8 Å². The molecule has 1 amide bonds. The quantitative estimate of drug-likeness (QED) is 0.780. The van der Waals surface area contributed by atoms with Gasteiger partial charge in [0.15, 0.2) is 0 Å². The van der Waals surface area contributed by atoms with Crippen LogP contribution >= 0.6 is 0 Å². The molecule has 0 heterocycles. The third-order valence-corrected chi connectivity index (χ3v) is 2.23. The molecule has 5 heteroatoms. The largest absolute Gasteiger partial charge is 0.397 e. The average molecular weight is 239 g/mol. The van der Waals surface area contributed by atoms with Crippen molar-refractivity contribution < 1.29 is 9.18 Å². The highest BCUT2D eigenvalue weighted by Crippen LogP contribution is 2.22. The van der Waals surface area contributed by atoms with E-state index < -0.39 is 0 Å². The van der Waals surface area contributed by atoms with Gasteiger partial charge in [-0.3, -0.25) is 4.79 Å². The van der Waals surface area contributed by atoms with Crippen LogP contribution in [0.15, 0.2) is 18.2 Å². The molecule has 0 atom stereocenters. The number of nitrogens with zero attached hydrogens (tertiary/aromatic N) is 1. The number of carbonyl (C=O) groups excluding carboxylic acids is 1. The second kappa shape index (κ2) is 5.52. The van der Waals surface area contributed by atoms with Crippen molar-refractivity contribution in [3.63, 3.8) is 0 Å². The number of nitrogen functional groups attached to an aromatic ring is 1. The lowest BCUT2D eigenvalue weighted by molar-refractivity contribution is -0.120. The Kier molecular flexibility index (Phi) is 4.31. The highest BCUT2D eigenvalue weighted by molar-refractivity contribution is 5.83. The average Bonchev–Trinajstić information content (AvgIpc) is 2.20. The molecule has 4 nitrogen and oxygen atoms in total. The molecule has 0 saturated heterocycles. The summed E-state index contributed by atoms with van der Waals surface area (Å²) in [6, 6.07) is 4.18. The number of likely N-dealkylation sites (N-methyl/N-ethyl adjacent to an activating group) is 1. The normalized spacial score (nSPS) is 10.4. The van der Waals surface area contributed by atoms with Crippen LogP contribution in [0.1, 0.15) is 13.8 Å². The van der Waals surface area contributed by atoms with Crippen molar-refractivity contribution in [2.45, 2.75) is 19.9 Å². The summed E-state index contributed by atoms with van der Waals surface area (Å²) in [6.45, 7) is 3.91. The lowest BCUT2D eigenvalue weighted by Gasteiger charge is -2.21. The van der Waals surface area contributed by atoms with Crippen LogP contribution in [0.2, 0.25) is 0 Å². The number of carbonyl (C=O) groups is 1. The van der Waals surface area contributed by atoms with Gasteiger partial charge in [0.05, 0.1) is 17.9 Å². The smallest absolute Gasteiger partial charge is 0.239 e. The molecule has 0 aliphatic carbocycles. The minimum atomic E-state index is -0.370. The number of amides is 1. The molecule has 0 unspecified atom stereocenters. The standard InChI is InChI=1S/C12H18FN3O/c1-8(2)15-12(17)7-16(3)11-6-9(13)4-5-10(11)14/h4-6,8H,7,14H2,1-3H3,(H,15,17). The number of anilines is 2. The van der Waals surface area contributed by atoms with E-state index in [9.17, 15) is 9.18 Å². The van der Waals surface area contributed by atoms with Crippen LogP contribution < -0.4 is 16.0 Å². The number of nitrogens with two attached hydrogens (primary N) is 1. The molecule has 0 radical (unpaired) electrons. The van der Waals surface area contributed by atoms with E-state index >= 15 is 0 Å². The summed E-state index contributed by atoms with van der Waals surface area (Å²) < 4.78 is 13.1. The molecule has 0 bridgehead atoms. The predicted molar refractivity (Wildman–Crippen MR) is 67.4 cm³/mol. The molecule has 0 aliphatic rings. The molecular weight excluding hydrogens is 221 g/mol. The molecular formula is C12H18FN3O. The fourth-order valence-corrected chi connectivity index (χ4v) is 1.52. The zero-order valence-electron chi connectivity index (χ0n) is 10.3. The Balaban J connectivity index is 2.72. The SMILES string of the molecule is CC(C)NC(=O)CN(C)c1cc(F)ccc1N. The van der Waals surface area contributed by atoms with Crippen molar-refractivity contribution in [1.82, 2.24) is 5.32 Å². The topological polar surface area (TPSA) is 58.4 Å². The first kappa shape index (κ1) is 13.3. The Morgan fingerprint density at radius 2 is 2.18 bits per heavy atom. The maximum absolute atomic E-state index is 13.1. The maximum atomic E-state index is 13.1. The van der Waals surface area contributed by atoms with Gasteiger partial charge >= 0.3 is 0 Å². The van der Waals surface area contributed by atoms with Gasteiger partial charge in [0.25, 0.3) is 0 Å². The number of hydrogen-bond donors (Lipinski definition) is 2. The first-order valence-electron chi connectivity index (χ1n) is 5.45. The maximum Gasteiger partial charge on any atom is 0.239 e. The number of benzene rings is 1. The second-order valence-electron chi connectivity index (χ2n) is 4.28. The summed E-state index contributed by atoms with van der Waals surface area (Å²) in [5.74, 6) is -0.489. The predicted octanol–water partition coefficient (Wildman–Crippen LogP) is 1.37. The van der Waals surface area contributed by atoms with E-state index in [2.05, 4.69) is 5.32 Å². The third-order valence-electron chi connectivity index (χ3n) is 2.23. The molecule has 1 aromatic carbocycles. The number of rotatable bonds is 4. The van der Waals surface area contributed by atoms with E-state index in [4.69, 9.17) is 5.73 Å². The van der Waals surface area contributed by atoms with Gasteiger partial charge in [-0.05, 0) is 32.0 Å². The molecule has 0 saturated carbocycles. The molecule has 0 aliphatic heterocycles. The molecule has 17 heavy (non-hydrogen) atoms. The first-order valence-corrected chi connectivity index (χ1v) is 5.45. The van der Waals surface area contributed by atoms with E-state index in [1.165, 1.54) is 18.2 Å². The van der Waals surface area contributed by atoms with Gasteiger partial charge in [-0.15, -0.1) is 0 Å². The van der Waals surface area contributed by atoms with Crippen LogP contribution in [-0.2, 0) is 4.79 Å². The van der Waals surface area contributed by atoms with E-state index in [1.54, 1.807) is 11.9 Å². The highest BCUT2D eigenvalue weighted by atomic mass is 19.1. The van der Waals surface area contributed by atoms with Gasteiger partial charge in [0.1, 0.15) is 5.82 Å². The van der Waals surface area contributed by atoms with Crippen molar-refractivity contribution in [2.75, 3.05) is 24.2 Å². The van der Waals surface area contributed by atoms with Gasteiger partial charge in [0.2, 0.25) is 5.91 Å². The van der Waals surface area contributed by atoms with Gasteiger partial charge in [0, 0.05) is 13.1 Å². The summed E-state index contributed by atoms with van der Waals surface area (Å²) in [4.78, 5) is 13.2. The van der Waals surface area contributed by atoms with Crippen molar-refractivity contribution in [3.8, 4) is 0 Å². The van der Waals surface area contributed by atoms with Crippen molar-refractivity contribution >= 4 is 17.3 Å². The Bertz CT molecular complexity index is 407. The Labute approximate surface area is 101 Å². The van der Waals surface area contributed by atoms with Crippen LogP contribution in [0.5, 0.6) is 0 Å². The minimum absolute atomic E-state index is 0.0840. The fraction of sp³-hybridized carbons (Fsp3) is 0.417. The fourth-order valence-electron chi connectivity index (χ4n) is 1.52. The Hall–Kier alpha value is -1.78. The van der Waals surface area contributed by atoms with Crippen molar-refractivity contribution in [3.05, 3.63) is 24.0 Å². The lowest BCUT2D eigenvalue weighted by Crippen LogP contribution is -2.38. The summed E-state index contributed by atoms with van der Waals surface area (Å²) in [6.07, 6.45) is 0. The van der Waals surface area contributed by atoms with E-state index in [-0.39, 0.29) is 24.3 Å². The van der Waals surface area contributed by atoms with E-state index in [0.29, 0.717) is 11.4 Å².